The van der Waals surface area contributed by atoms with Crippen LogP contribution in [0.4, 0.5) is 0 Å². The fraction of sp³-hybridized carbons (Fsp3) is 0.333. The van der Waals surface area contributed by atoms with E-state index < -0.39 is 6.10 Å². The molecule has 0 unspecified atom stereocenters. The number of ether oxygens (including phenoxy) is 1. The van der Waals surface area contributed by atoms with E-state index in [1.165, 1.54) is 0 Å². The van der Waals surface area contributed by atoms with Crippen molar-refractivity contribution >= 4 is 11.6 Å². The standard InChI is InChI=1S/C9H10ClNO2/c10-5-1-2-8-6(3-5)9(12)7(11)4-13-8/h1-3,7,9,12H,4,11H2/t7-,9+/m0/s1. The zero-order valence-corrected chi connectivity index (χ0v) is 7.66. The van der Waals surface area contributed by atoms with Gasteiger partial charge < -0.3 is 15.6 Å². The van der Waals surface area contributed by atoms with Crippen LogP contribution in [0.25, 0.3) is 0 Å². The number of benzene rings is 1. The van der Waals surface area contributed by atoms with Gasteiger partial charge in [-0.25, -0.2) is 0 Å². The Morgan fingerprint density at radius 2 is 2.31 bits per heavy atom. The second-order valence-corrected chi connectivity index (χ2v) is 3.54. The second-order valence-electron chi connectivity index (χ2n) is 3.10. The highest BCUT2D eigenvalue weighted by molar-refractivity contribution is 6.30. The van der Waals surface area contributed by atoms with Gasteiger partial charge in [0.25, 0.3) is 0 Å². The molecule has 1 aromatic rings. The third-order valence-electron chi connectivity index (χ3n) is 2.13. The lowest BCUT2D eigenvalue weighted by molar-refractivity contribution is 0.0916. The highest BCUT2D eigenvalue weighted by atomic mass is 35.5. The smallest absolute Gasteiger partial charge is 0.125 e. The summed E-state index contributed by atoms with van der Waals surface area (Å²) in [5, 5.41) is 10.3. The maximum Gasteiger partial charge on any atom is 0.125 e. The van der Waals surface area contributed by atoms with Gasteiger partial charge in [0.15, 0.2) is 0 Å². The highest BCUT2D eigenvalue weighted by Crippen LogP contribution is 2.33. The predicted molar refractivity (Wildman–Crippen MR) is 49.9 cm³/mol. The zero-order chi connectivity index (χ0) is 9.42. The normalized spacial score (nSPS) is 26.4. The molecule has 0 saturated carbocycles. The number of halogens is 1. The highest BCUT2D eigenvalue weighted by Gasteiger charge is 2.26. The van der Waals surface area contributed by atoms with Crippen LogP contribution < -0.4 is 10.5 Å². The van der Waals surface area contributed by atoms with Gasteiger partial charge in [0.1, 0.15) is 18.5 Å². The minimum Gasteiger partial charge on any atom is -0.491 e. The maximum absolute atomic E-state index is 9.69. The van der Waals surface area contributed by atoms with Gasteiger partial charge >= 0.3 is 0 Å². The minimum atomic E-state index is -0.678. The molecule has 1 aliphatic heterocycles. The van der Waals surface area contributed by atoms with Crippen molar-refractivity contribution in [2.75, 3.05) is 6.61 Å². The van der Waals surface area contributed by atoms with E-state index in [1.807, 2.05) is 0 Å². The van der Waals surface area contributed by atoms with Crippen LogP contribution in [0.5, 0.6) is 5.75 Å². The summed E-state index contributed by atoms with van der Waals surface area (Å²) in [5.74, 6) is 0.665. The average Bonchev–Trinajstić information content (AvgIpc) is 2.12. The number of hydrogen-bond donors (Lipinski definition) is 2. The van der Waals surface area contributed by atoms with Gasteiger partial charge in [-0.2, -0.15) is 0 Å². The van der Waals surface area contributed by atoms with Crippen molar-refractivity contribution < 1.29 is 9.84 Å². The Kier molecular flexibility index (Phi) is 2.15. The van der Waals surface area contributed by atoms with Gasteiger partial charge in [-0.1, -0.05) is 11.6 Å². The monoisotopic (exact) mass is 199 g/mol. The van der Waals surface area contributed by atoms with Crippen LogP contribution in [0.2, 0.25) is 5.02 Å². The molecule has 3 N–H and O–H groups in total. The van der Waals surface area contributed by atoms with Gasteiger partial charge in [0.05, 0.1) is 6.04 Å². The number of nitrogens with two attached hydrogens (primary N) is 1. The lowest BCUT2D eigenvalue weighted by atomic mass is 10.00. The van der Waals surface area contributed by atoms with Gasteiger partial charge in [-0.05, 0) is 18.2 Å². The topological polar surface area (TPSA) is 55.5 Å². The molecule has 0 saturated heterocycles. The number of aliphatic hydroxyl groups is 1. The molecule has 1 aliphatic rings. The van der Waals surface area contributed by atoms with E-state index in [0.29, 0.717) is 22.9 Å². The van der Waals surface area contributed by atoms with Crippen molar-refractivity contribution in [2.24, 2.45) is 5.73 Å². The number of rotatable bonds is 0. The third kappa shape index (κ3) is 1.50. The number of aliphatic hydroxyl groups excluding tert-OH is 1. The first-order valence-corrected chi connectivity index (χ1v) is 4.42. The molecule has 0 spiro atoms. The van der Waals surface area contributed by atoms with E-state index in [0.717, 1.165) is 0 Å². The molecule has 4 heteroatoms. The van der Waals surface area contributed by atoms with Crippen molar-refractivity contribution in [3.05, 3.63) is 28.8 Å². The average molecular weight is 200 g/mol. The molecule has 13 heavy (non-hydrogen) atoms. The Bertz CT molecular complexity index is 329. The van der Waals surface area contributed by atoms with Crippen LogP contribution in [0, 0.1) is 0 Å². The van der Waals surface area contributed by atoms with E-state index in [2.05, 4.69) is 0 Å². The van der Waals surface area contributed by atoms with E-state index in [-0.39, 0.29) is 6.04 Å². The van der Waals surface area contributed by atoms with E-state index in [1.54, 1.807) is 18.2 Å². The largest absolute Gasteiger partial charge is 0.491 e. The molecule has 1 aromatic carbocycles. The zero-order valence-electron chi connectivity index (χ0n) is 6.90. The molecule has 0 fully saturated rings. The fourth-order valence-electron chi connectivity index (χ4n) is 1.39. The molecule has 70 valence electrons. The van der Waals surface area contributed by atoms with Gasteiger partial charge in [0, 0.05) is 10.6 Å². The van der Waals surface area contributed by atoms with Gasteiger partial charge in [-0.3, -0.25) is 0 Å². The summed E-state index contributed by atoms with van der Waals surface area (Å²) in [7, 11) is 0. The second kappa shape index (κ2) is 3.18. The van der Waals surface area contributed by atoms with Crippen LogP contribution in [0.3, 0.4) is 0 Å². The number of hydrogen-bond acceptors (Lipinski definition) is 3. The molecule has 2 atom stereocenters. The molecule has 0 amide bonds. The van der Waals surface area contributed by atoms with E-state index in [4.69, 9.17) is 22.1 Å². The minimum absolute atomic E-state index is 0.343. The van der Waals surface area contributed by atoms with Crippen LogP contribution in [-0.2, 0) is 0 Å². The van der Waals surface area contributed by atoms with Crippen LogP contribution in [0.1, 0.15) is 11.7 Å². The lowest BCUT2D eigenvalue weighted by Crippen LogP contribution is -2.38. The first-order chi connectivity index (χ1) is 6.18. The Balaban J connectivity index is 2.45. The van der Waals surface area contributed by atoms with Crippen molar-refractivity contribution in [2.45, 2.75) is 12.1 Å². The first-order valence-electron chi connectivity index (χ1n) is 4.04. The molecule has 2 rings (SSSR count). The predicted octanol–water partition coefficient (Wildman–Crippen LogP) is 1.09. The quantitative estimate of drug-likeness (QED) is 0.658. The summed E-state index contributed by atoms with van der Waals surface area (Å²) in [5.41, 5.74) is 6.30. The molecular formula is C9H10ClNO2. The Morgan fingerprint density at radius 1 is 1.54 bits per heavy atom. The van der Waals surface area contributed by atoms with Crippen LogP contribution in [0.15, 0.2) is 18.2 Å². The Morgan fingerprint density at radius 3 is 3.08 bits per heavy atom. The molecule has 3 nitrogen and oxygen atoms in total. The van der Waals surface area contributed by atoms with Crippen molar-refractivity contribution in [3.63, 3.8) is 0 Å². The summed E-state index contributed by atoms with van der Waals surface area (Å²) >= 11 is 5.78. The summed E-state index contributed by atoms with van der Waals surface area (Å²) in [6.07, 6.45) is -0.678. The van der Waals surface area contributed by atoms with E-state index >= 15 is 0 Å². The van der Waals surface area contributed by atoms with Crippen LogP contribution >= 0.6 is 11.6 Å². The van der Waals surface area contributed by atoms with Crippen molar-refractivity contribution in [1.29, 1.82) is 0 Å². The SMILES string of the molecule is N[C@H]1COc2ccc(Cl)cc2[C@H]1O. The van der Waals surface area contributed by atoms with Gasteiger partial charge in [-0.15, -0.1) is 0 Å². The Labute approximate surface area is 81.1 Å². The van der Waals surface area contributed by atoms with Crippen molar-refractivity contribution in [3.8, 4) is 5.75 Å². The van der Waals surface area contributed by atoms with E-state index in [9.17, 15) is 5.11 Å². The summed E-state index contributed by atoms with van der Waals surface area (Å²) in [4.78, 5) is 0. The molecule has 0 radical (unpaired) electrons. The molecule has 0 aromatic heterocycles. The fourth-order valence-corrected chi connectivity index (χ4v) is 1.57. The van der Waals surface area contributed by atoms with Crippen molar-refractivity contribution in [1.82, 2.24) is 0 Å². The number of fused-ring (bicyclic) bond motifs is 1. The molecule has 0 bridgehead atoms. The summed E-state index contributed by atoms with van der Waals surface area (Å²) in [6, 6.07) is 4.78. The first kappa shape index (κ1) is 8.81. The van der Waals surface area contributed by atoms with Crippen LogP contribution in [-0.4, -0.2) is 17.8 Å². The Hall–Kier alpha value is -0.770. The molecule has 1 heterocycles. The molecular weight excluding hydrogens is 190 g/mol. The van der Waals surface area contributed by atoms with Gasteiger partial charge in [0.2, 0.25) is 0 Å². The third-order valence-corrected chi connectivity index (χ3v) is 2.36. The molecule has 0 aliphatic carbocycles. The summed E-state index contributed by atoms with van der Waals surface area (Å²) < 4.78 is 5.32. The maximum atomic E-state index is 9.69. The summed E-state index contributed by atoms with van der Waals surface area (Å²) in [6.45, 7) is 0.343. The lowest BCUT2D eigenvalue weighted by Gasteiger charge is -2.27.